The fraction of sp³-hybridized carbons (Fsp3) is 0.765. The van der Waals surface area contributed by atoms with Crippen molar-refractivity contribution in [3.63, 3.8) is 0 Å². The van der Waals surface area contributed by atoms with Crippen molar-refractivity contribution in [2.45, 2.75) is 57.1 Å². The molecule has 2 amide bonds. The Hall–Kier alpha value is -1.60. The summed E-state index contributed by atoms with van der Waals surface area (Å²) in [5.41, 5.74) is -0.849. The lowest BCUT2D eigenvalue weighted by Gasteiger charge is -2.32. The molecule has 1 aromatic heterocycles. The van der Waals surface area contributed by atoms with E-state index in [1.807, 2.05) is 10.7 Å². The van der Waals surface area contributed by atoms with Crippen LogP contribution in [0.5, 0.6) is 0 Å². The molecule has 7 heteroatoms. The van der Waals surface area contributed by atoms with Crippen LogP contribution in [0.1, 0.15) is 44.9 Å². The van der Waals surface area contributed by atoms with Gasteiger partial charge in [0.25, 0.3) is 0 Å². The molecule has 1 saturated carbocycles. The van der Waals surface area contributed by atoms with Crippen molar-refractivity contribution in [2.75, 3.05) is 25.0 Å². The Morgan fingerprint density at radius 3 is 2.96 bits per heavy atom. The van der Waals surface area contributed by atoms with Gasteiger partial charge in [-0.15, -0.1) is 0 Å². The van der Waals surface area contributed by atoms with Gasteiger partial charge >= 0.3 is 6.03 Å². The van der Waals surface area contributed by atoms with E-state index in [9.17, 15) is 9.90 Å². The Labute approximate surface area is 143 Å². The lowest BCUT2D eigenvalue weighted by molar-refractivity contribution is 0.0198. The van der Waals surface area contributed by atoms with E-state index in [1.165, 1.54) is 32.1 Å². The van der Waals surface area contributed by atoms with Crippen LogP contribution in [0.3, 0.4) is 0 Å². The second-order valence-electron chi connectivity index (χ2n) is 7.21. The molecule has 3 rings (SSSR count). The van der Waals surface area contributed by atoms with E-state index >= 15 is 0 Å². The lowest BCUT2D eigenvalue weighted by Crippen LogP contribution is -2.53. The molecule has 24 heavy (non-hydrogen) atoms. The largest absolute Gasteiger partial charge is 0.387 e. The third-order valence-electron chi connectivity index (χ3n) is 5.14. The molecule has 2 aliphatic rings. The number of carbonyl (C=O) groups excluding carboxylic acids is 1. The molecule has 7 nitrogen and oxygen atoms in total. The molecular weight excluding hydrogens is 306 g/mol. The number of rotatable bonds is 5. The maximum absolute atomic E-state index is 12.1. The summed E-state index contributed by atoms with van der Waals surface area (Å²) in [6.45, 7) is 2.56. The SMILES string of the molecule is O=C(NC[C@@]1(O)CCCNC1)Nc1ccnn1CC1CCCCC1. The third-order valence-corrected chi connectivity index (χ3v) is 5.14. The Morgan fingerprint density at radius 2 is 2.21 bits per heavy atom. The molecule has 1 atom stereocenters. The summed E-state index contributed by atoms with van der Waals surface area (Å²) >= 11 is 0. The van der Waals surface area contributed by atoms with Crippen molar-refractivity contribution in [3.8, 4) is 0 Å². The predicted molar refractivity (Wildman–Crippen MR) is 92.9 cm³/mol. The first kappa shape index (κ1) is 17.2. The van der Waals surface area contributed by atoms with Gasteiger partial charge in [-0.2, -0.15) is 5.10 Å². The summed E-state index contributed by atoms with van der Waals surface area (Å²) in [6, 6.07) is 1.53. The molecule has 1 aliphatic carbocycles. The van der Waals surface area contributed by atoms with Crippen LogP contribution >= 0.6 is 0 Å². The van der Waals surface area contributed by atoms with Gasteiger partial charge in [0.1, 0.15) is 5.82 Å². The average molecular weight is 335 g/mol. The first-order chi connectivity index (χ1) is 11.6. The molecule has 0 spiro atoms. The van der Waals surface area contributed by atoms with Crippen LogP contribution in [-0.2, 0) is 6.54 Å². The summed E-state index contributed by atoms with van der Waals surface area (Å²) < 4.78 is 1.88. The van der Waals surface area contributed by atoms with Gasteiger partial charge < -0.3 is 15.7 Å². The number of amides is 2. The smallest absolute Gasteiger partial charge is 0.320 e. The zero-order valence-corrected chi connectivity index (χ0v) is 14.3. The van der Waals surface area contributed by atoms with Crippen LogP contribution < -0.4 is 16.0 Å². The first-order valence-corrected chi connectivity index (χ1v) is 9.14. The van der Waals surface area contributed by atoms with Crippen LogP contribution in [-0.4, -0.2) is 46.2 Å². The van der Waals surface area contributed by atoms with E-state index in [-0.39, 0.29) is 12.6 Å². The second-order valence-corrected chi connectivity index (χ2v) is 7.21. The quantitative estimate of drug-likeness (QED) is 0.659. The standard InChI is InChI=1S/C17H29N5O2/c23-16(19-13-17(24)8-4-9-18-12-17)21-15-7-10-20-22(15)11-14-5-2-1-3-6-14/h7,10,14,18,24H,1-6,8-9,11-13H2,(H2,19,21,23)/t17-/m1/s1. The molecule has 0 unspecified atom stereocenters. The Kier molecular flexibility index (Phi) is 5.73. The number of nitrogens with one attached hydrogen (secondary N) is 3. The van der Waals surface area contributed by atoms with Crippen molar-refractivity contribution in [2.24, 2.45) is 5.92 Å². The zero-order valence-electron chi connectivity index (χ0n) is 14.3. The number of hydrogen-bond donors (Lipinski definition) is 4. The summed E-state index contributed by atoms with van der Waals surface area (Å²) in [5.74, 6) is 1.36. The average Bonchev–Trinajstić information content (AvgIpc) is 3.02. The highest BCUT2D eigenvalue weighted by molar-refractivity contribution is 5.88. The van der Waals surface area contributed by atoms with E-state index in [0.717, 1.165) is 19.5 Å². The van der Waals surface area contributed by atoms with Crippen LogP contribution in [0.25, 0.3) is 0 Å². The summed E-state index contributed by atoms with van der Waals surface area (Å²) in [6.07, 6.45) is 9.76. The minimum Gasteiger partial charge on any atom is -0.387 e. The molecule has 0 radical (unpaired) electrons. The summed E-state index contributed by atoms with van der Waals surface area (Å²) in [7, 11) is 0. The van der Waals surface area contributed by atoms with E-state index < -0.39 is 5.60 Å². The molecule has 1 saturated heterocycles. The van der Waals surface area contributed by atoms with Gasteiger partial charge in [-0.05, 0) is 38.1 Å². The molecule has 1 aromatic rings. The first-order valence-electron chi connectivity index (χ1n) is 9.14. The predicted octanol–water partition coefficient (Wildman–Crippen LogP) is 1.70. The highest BCUT2D eigenvalue weighted by Crippen LogP contribution is 2.25. The van der Waals surface area contributed by atoms with Gasteiger partial charge in [0.05, 0.1) is 11.8 Å². The summed E-state index contributed by atoms with van der Waals surface area (Å²) in [4.78, 5) is 12.1. The fourth-order valence-corrected chi connectivity index (χ4v) is 3.71. The van der Waals surface area contributed by atoms with Crippen molar-refractivity contribution >= 4 is 11.8 Å². The van der Waals surface area contributed by atoms with Crippen molar-refractivity contribution < 1.29 is 9.90 Å². The number of aromatic nitrogens is 2. The zero-order chi connectivity index (χ0) is 16.8. The number of hydrogen-bond acceptors (Lipinski definition) is 4. The maximum atomic E-state index is 12.1. The Balaban J connectivity index is 1.48. The van der Waals surface area contributed by atoms with Crippen LogP contribution in [0, 0.1) is 5.92 Å². The number of piperidine rings is 1. The highest BCUT2D eigenvalue weighted by Gasteiger charge is 2.29. The minimum atomic E-state index is -0.849. The monoisotopic (exact) mass is 335 g/mol. The molecule has 0 bridgehead atoms. The molecule has 4 N–H and O–H groups in total. The maximum Gasteiger partial charge on any atom is 0.320 e. The van der Waals surface area contributed by atoms with E-state index in [0.29, 0.717) is 24.7 Å². The molecule has 0 aromatic carbocycles. The number of nitrogens with zero attached hydrogens (tertiary/aromatic N) is 2. The minimum absolute atomic E-state index is 0.253. The van der Waals surface area contributed by atoms with Gasteiger partial charge in [-0.25, -0.2) is 9.48 Å². The number of anilines is 1. The van der Waals surface area contributed by atoms with Crippen molar-refractivity contribution in [1.82, 2.24) is 20.4 Å². The van der Waals surface area contributed by atoms with E-state index in [1.54, 1.807) is 6.20 Å². The molecule has 2 fully saturated rings. The van der Waals surface area contributed by atoms with Crippen LogP contribution in [0.4, 0.5) is 10.6 Å². The molecule has 134 valence electrons. The third kappa shape index (κ3) is 4.70. The van der Waals surface area contributed by atoms with Gasteiger partial charge in [-0.1, -0.05) is 19.3 Å². The number of urea groups is 1. The summed E-state index contributed by atoms with van der Waals surface area (Å²) in [5, 5.41) is 23.5. The molecular formula is C17H29N5O2. The topological polar surface area (TPSA) is 91.2 Å². The van der Waals surface area contributed by atoms with Crippen LogP contribution in [0.15, 0.2) is 12.3 Å². The Morgan fingerprint density at radius 1 is 1.38 bits per heavy atom. The lowest BCUT2D eigenvalue weighted by atomic mass is 9.89. The highest BCUT2D eigenvalue weighted by atomic mass is 16.3. The van der Waals surface area contributed by atoms with E-state index in [4.69, 9.17) is 0 Å². The van der Waals surface area contributed by atoms with Gasteiger partial charge in [0.15, 0.2) is 0 Å². The van der Waals surface area contributed by atoms with Crippen molar-refractivity contribution in [1.29, 1.82) is 0 Å². The van der Waals surface area contributed by atoms with Gasteiger partial charge in [-0.3, -0.25) is 5.32 Å². The van der Waals surface area contributed by atoms with Gasteiger partial charge in [0, 0.05) is 25.7 Å². The van der Waals surface area contributed by atoms with Crippen molar-refractivity contribution in [3.05, 3.63) is 12.3 Å². The molecule has 1 aliphatic heterocycles. The normalized spacial score (nSPS) is 25.4. The van der Waals surface area contributed by atoms with Crippen LogP contribution in [0.2, 0.25) is 0 Å². The fourth-order valence-electron chi connectivity index (χ4n) is 3.71. The van der Waals surface area contributed by atoms with Gasteiger partial charge in [0.2, 0.25) is 0 Å². The Bertz CT molecular complexity index is 533. The second kappa shape index (κ2) is 7.98. The molecule has 2 heterocycles. The van der Waals surface area contributed by atoms with E-state index in [2.05, 4.69) is 21.0 Å². The number of aliphatic hydroxyl groups is 1. The number of carbonyl (C=O) groups is 1. The number of β-amino-alcohol motifs (C(OH)–C–C–N with tert-alkyl or cyclic N) is 1.